The minimum absolute atomic E-state index is 0.0260. The average molecular weight is 288 g/mol. The highest BCUT2D eigenvalue weighted by Crippen LogP contribution is 2.30. The topological polar surface area (TPSA) is 50.4 Å². The number of hydrogen-bond acceptors (Lipinski definition) is 3. The van der Waals surface area contributed by atoms with Crippen molar-refractivity contribution in [1.29, 1.82) is 0 Å². The Morgan fingerprint density at radius 3 is 2.90 bits per heavy atom. The zero-order valence-electron chi connectivity index (χ0n) is 12.6. The van der Waals surface area contributed by atoms with E-state index in [2.05, 4.69) is 17.6 Å². The van der Waals surface area contributed by atoms with Crippen molar-refractivity contribution in [3.05, 3.63) is 29.8 Å². The van der Waals surface area contributed by atoms with Crippen LogP contribution in [0.1, 0.15) is 43.0 Å². The third-order valence-electron chi connectivity index (χ3n) is 4.38. The summed E-state index contributed by atoms with van der Waals surface area (Å²) in [7, 11) is 0. The van der Waals surface area contributed by atoms with Gasteiger partial charge >= 0.3 is 0 Å². The van der Waals surface area contributed by atoms with Crippen molar-refractivity contribution in [3.8, 4) is 5.75 Å². The van der Waals surface area contributed by atoms with Gasteiger partial charge in [0, 0.05) is 12.1 Å². The molecule has 1 saturated carbocycles. The van der Waals surface area contributed by atoms with Gasteiger partial charge in [0.2, 0.25) is 0 Å². The first-order valence-corrected chi connectivity index (χ1v) is 8.00. The molecule has 1 saturated heterocycles. The third kappa shape index (κ3) is 3.76. The van der Waals surface area contributed by atoms with Gasteiger partial charge in [0.05, 0.1) is 12.2 Å². The molecule has 3 rings (SSSR count). The summed E-state index contributed by atoms with van der Waals surface area (Å²) < 4.78 is 5.82. The van der Waals surface area contributed by atoms with Gasteiger partial charge in [0.15, 0.2) is 0 Å². The molecule has 2 fully saturated rings. The Bertz CT molecular complexity index is 499. The zero-order valence-corrected chi connectivity index (χ0v) is 12.6. The van der Waals surface area contributed by atoms with E-state index in [1.807, 2.05) is 24.3 Å². The number of benzene rings is 1. The van der Waals surface area contributed by atoms with Crippen LogP contribution in [0.4, 0.5) is 0 Å². The van der Waals surface area contributed by atoms with Crippen molar-refractivity contribution in [2.45, 2.75) is 44.7 Å². The van der Waals surface area contributed by atoms with E-state index in [9.17, 15) is 4.79 Å². The van der Waals surface area contributed by atoms with Crippen LogP contribution < -0.4 is 15.4 Å². The number of hydrogen-bond donors (Lipinski definition) is 2. The molecule has 0 radical (unpaired) electrons. The fourth-order valence-electron chi connectivity index (χ4n) is 2.76. The molecule has 2 aliphatic rings. The quantitative estimate of drug-likeness (QED) is 0.874. The maximum absolute atomic E-state index is 12.5. The highest BCUT2D eigenvalue weighted by atomic mass is 16.5. The molecule has 4 nitrogen and oxygen atoms in total. The molecule has 1 aliphatic heterocycles. The van der Waals surface area contributed by atoms with E-state index in [4.69, 9.17) is 4.74 Å². The number of rotatable bonds is 5. The highest BCUT2D eigenvalue weighted by molar-refractivity contribution is 5.97. The number of para-hydroxylation sites is 1. The van der Waals surface area contributed by atoms with Crippen LogP contribution in [-0.4, -0.2) is 31.1 Å². The van der Waals surface area contributed by atoms with Gasteiger partial charge in [-0.2, -0.15) is 0 Å². The van der Waals surface area contributed by atoms with Gasteiger partial charge < -0.3 is 15.4 Å². The van der Waals surface area contributed by atoms with Crippen LogP contribution in [0.25, 0.3) is 0 Å². The Balaban J connectivity index is 1.65. The summed E-state index contributed by atoms with van der Waals surface area (Å²) in [4.78, 5) is 12.5. The van der Waals surface area contributed by atoms with Crippen LogP contribution in [0.5, 0.6) is 5.75 Å². The molecule has 114 valence electrons. The first kappa shape index (κ1) is 14.4. The zero-order chi connectivity index (χ0) is 14.7. The lowest BCUT2D eigenvalue weighted by Gasteiger charge is -2.30. The van der Waals surface area contributed by atoms with E-state index in [1.165, 1.54) is 12.8 Å². The SMILES string of the molecule is CC1NCCCC1NC(=O)c1ccccc1OCC1CC1. The van der Waals surface area contributed by atoms with Crippen molar-refractivity contribution in [1.82, 2.24) is 10.6 Å². The molecular formula is C17H24N2O2. The van der Waals surface area contributed by atoms with Gasteiger partial charge in [-0.05, 0) is 57.2 Å². The standard InChI is InChI=1S/C17H24N2O2/c1-12-15(6-4-10-18-12)19-17(20)14-5-2-3-7-16(14)21-11-13-8-9-13/h2-3,5,7,12-13,15,18H,4,6,8-11H2,1H3,(H,19,20). The van der Waals surface area contributed by atoms with Gasteiger partial charge in [-0.15, -0.1) is 0 Å². The second-order valence-corrected chi connectivity index (χ2v) is 6.22. The first-order chi connectivity index (χ1) is 10.2. The van der Waals surface area contributed by atoms with Crippen LogP contribution in [-0.2, 0) is 0 Å². The minimum atomic E-state index is -0.0260. The van der Waals surface area contributed by atoms with E-state index in [-0.39, 0.29) is 11.9 Å². The van der Waals surface area contributed by atoms with Crippen molar-refractivity contribution < 1.29 is 9.53 Å². The number of carbonyl (C=O) groups excluding carboxylic acids is 1. The molecule has 2 unspecified atom stereocenters. The summed E-state index contributed by atoms with van der Waals surface area (Å²) in [6.07, 6.45) is 4.64. The Kier molecular flexibility index (Phi) is 4.44. The average Bonchev–Trinajstić information content (AvgIpc) is 3.32. The molecule has 2 N–H and O–H groups in total. The van der Waals surface area contributed by atoms with Crippen molar-refractivity contribution >= 4 is 5.91 Å². The van der Waals surface area contributed by atoms with Crippen LogP contribution >= 0.6 is 0 Å². The number of ether oxygens (including phenoxy) is 1. The maximum atomic E-state index is 12.5. The summed E-state index contributed by atoms with van der Waals surface area (Å²) >= 11 is 0. The third-order valence-corrected chi connectivity index (χ3v) is 4.38. The molecule has 0 bridgehead atoms. The predicted molar refractivity (Wildman–Crippen MR) is 82.6 cm³/mol. The molecule has 0 spiro atoms. The summed E-state index contributed by atoms with van der Waals surface area (Å²) in [5, 5.41) is 6.55. The Labute approximate surface area is 126 Å². The fraction of sp³-hybridized carbons (Fsp3) is 0.588. The number of amides is 1. The van der Waals surface area contributed by atoms with Crippen LogP contribution in [0, 0.1) is 5.92 Å². The molecule has 4 heteroatoms. The lowest BCUT2D eigenvalue weighted by molar-refractivity contribution is 0.0915. The van der Waals surface area contributed by atoms with Gasteiger partial charge in [0.1, 0.15) is 5.75 Å². The lowest BCUT2D eigenvalue weighted by Crippen LogP contribution is -2.51. The van der Waals surface area contributed by atoms with Crippen molar-refractivity contribution in [2.24, 2.45) is 5.92 Å². The van der Waals surface area contributed by atoms with E-state index < -0.39 is 0 Å². The predicted octanol–water partition coefficient (Wildman–Crippen LogP) is 2.35. The molecule has 1 heterocycles. The summed E-state index contributed by atoms with van der Waals surface area (Å²) in [5.74, 6) is 1.36. The second-order valence-electron chi connectivity index (χ2n) is 6.22. The Morgan fingerprint density at radius 2 is 2.14 bits per heavy atom. The maximum Gasteiger partial charge on any atom is 0.255 e. The molecule has 21 heavy (non-hydrogen) atoms. The molecule has 1 aromatic carbocycles. The number of piperidine rings is 1. The van der Waals surface area contributed by atoms with Crippen LogP contribution in [0.15, 0.2) is 24.3 Å². The second kappa shape index (κ2) is 6.48. The van der Waals surface area contributed by atoms with Crippen molar-refractivity contribution in [2.75, 3.05) is 13.2 Å². The van der Waals surface area contributed by atoms with Gasteiger partial charge in [-0.25, -0.2) is 0 Å². The smallest absolute Gasteiger partial charge is 0.255 e. The van der Waals surface area contributed by atoms with E-state index in [1.54, 1.807) is 0 Å². The monoisotopic (exact) mass is 288 g/mol. The molecule has 1 aliphatic carbocycles. The largest absolute Gasteiger partial charge is 0.492 e. The molecule has 0 aromatic heterocycles. The molecular weight excluding hydrogens is 264 g/mol. The van der Waals surface area contributed by atoms with E-state index in [0.29, 0.717) is 23.3 Å². The Hall–Kier alpha value is -1.55. The van der Waals surface area contributed by atoms with Gasteiger partial charge in [-0.3, -0.25) is 4.79 Å². The van der Waals surface area contributed by atoms with E-state index in [0.717, 1.165) is 26.0 Å². The molecule has 1 amide bonds. The number of nitrogens with one attached hydrogen (secondary N) is 2. The fourth-order valence-corrected chi connectivity index (χ4v) is 2.76. The lowest BCUT2D eigenvalue weighted by atomic mass is 9.99. The van der Waals surface area contributed by atoms with Gasteiger partial charge in [-0.1, -0.05) is 12.1 Å². The van der Waals surface area contributed by atoms with Crippen LogP contribution in [0.3, 0.4) is 0 Å². The highest BCUT2D eigenvalue weighted by Gasteiger charge is 2.25. The summed E-state index contributed by atoms with van der Waals surface area (Å²) in [6, 6.07) is 8.06. The number of carbonyl (C=O) groups is 1. The molecule has 2 atom stereocenters. The van der Waals surface area contributed by atoms with Crippen molar-refractivity contribution in [3.63, 3.8) is 0 Å². The minimum Gasteiger partial charge on any atom is -0.492 e. The van der Waals surface area contributed by atoms with Crippen LogP contribution in [0.2, 0.25) is 0 Å². The normalized spacial score (nSPS) is 25.4. The summed E-state index contributed by atoms with van der Waals surface area (Å²) in [6.45, 7) is 3.89. The Morgan fingerprint density at radius 1 is 1.33 bits per heavy atom. The molecule has 1 aromatic rings. The summed E-state index contributed by atoms with van der Waals surface area (Å²) in [5.41, 5.74) is 0.649. The van der Waals surface area contributed by atoms with E-state index >= 15 is 0 Å². The van der Waals surface area contributed by atoms with Gasteiger partial charge in [0.25, 0.3) is 5.91 Å². The first-order valence-electron chi connectivity index (χ1n) is 8.00.